The quantitative estimate of drug-likeness (QED) is 0.250. The molecule has 4 nitrogen and oxygen atoms in total. The van der Waals surface area contributed by atoms with Crippen LogP contribution in [0.2, 0.25) is 0 Å². The number of hydrogen-bond acceptors (Lipinski definition) is 4. The van der Waals surface area contributed by atoms with E-state index >= 15 is 0 Å². The molecule has 2 aliphatic carbocycles. The van der Waals surface area contributed by atoms with Crippen LogP contribution < -0.4 is 22.9 Å². The lowest BCUT2D eigenvalue weighted by molar-refractivity contribution is 0.213. The highest BCUT2D eigenvalue weighted by Crippen LogP contribution is 2.45. The third-order valence-electron chi connectivity index (χ3n) is 3.06. The largest absolute Gasteiger partial charge is 0.310 e. The molecule has 1 fully saturated rings. The van der Waals surface area contributed by atoms with Crippen LogP contribution in [0.15, 0.2) is 12.2 Å². The van der Waals surface area contributed by atoms with Gasteiger partial charge in [-0.2, -0.15) is 0 Å². The summed E-state index contributed by atoms with van der Waals surface area (Å²) in [6.45, 7) is 0. The van der Waals surface area contributed by atoms with Gasteiger partial charge in [0.25, 0.3) is 0 Å². The summed E-state index contributed by atoms with van der Waals surface area (Å²) in [5.41, 5.74) is 21.4. The summed E-state index contributed by atoms with van der Waals surface area (Å²) in [4.78, 5) is 0. The van der Waals surface area contributed by atoms with Crippen molar-refractivity contribution in [3.63, 3.8) is 0 Å². The average molecular weight is 154 g/mol. The van der Waals surface area contributed by atoms with E-state index in [1.54, 1.807) is 0 Å². The second-order valence-electron chi connectivity index (χ2n) is 3.70. The van der Waals surface area contributed by atoms with E-state index in [9.17, 15) is 0 Å². The molecule has 1 saturated carbocycles. The average Bonchev–Trinajstić information content (AvgIpc) is 2.37. The highest BCUT2D eigenvalue weighted by Gasteiger charge is 2.58. The van der Waals surface area contributed by atoms with Gasteiger partial charge in [0.1, 0.15) is 11.3 Å². The smallest absolute Gasteiger partial charge is 0.103 e. The van der Waals surface area contributed by atoms with E-state index in [4.69, 9.17) is 22.9 Å². The predicted molar refractivity (Wildman–Crippen MR) is 42.9 cm³/mol. The van der Waals surface area contributed by atoms with Crippen molar-refractivity contribution >= 4 is 0 Å². The lowest BCUT2D eigenvalue weighted by atomic mass is 9.85. The predicted octanol–water partition coefficient (Wildman–Crippen LogP) is -1.58. The van der Waals surface area contributed by atoms with Crippen LogP contribution >= 0.6 is 0 Å². The number of hydrogen-bond donors (Lipinski definition) is 4. The lowest BCUT2D eigenvalue weighted by Crippen LogP contribution is -2.77. The summed E-state index contributed by atoms with van der Waals surface area (Å²) >= 11 is 0. The first-order valence-corrected chi connectivity index (χ1v) is 3.80. The summed E-state index contributed by atoms with van der Waals surface area (Å²) < 4.78 is 0. The van der Waals surface area contributed by atoms with Gasteiger partial charge in [-0.05, 0) is 6.42 Å². The Morgan fingerprint density at radius 3 is 1.45 bits per heavy atom. The molecule has 2 bridgehead atoms. The van der Waals surface area contributed by atoms with Gasteiger partial charge in [0, 0.05) is 11.8 Å². The molecule has 0 amide bonds. The monoisotopic (exact) mass is 154 g/mol. The summed E-state index contributed by atoms with van der Waals surface area (Å²) in [7, 11) is 0. The van der Waals surface area contributed by atoms with Gasteiger partial charge in [-0.25, -0.2) is 0 Å². The normalized spacial score (nSPS) is 43.3. The Morgan fingerprint density at radius 1 is 0.909 bits per heavy atom. The molecule has 0 aromatic carbocycles. The molecule has 0 saturated heterocycles. The van der Waals surface area contributed by atoms with Crippen molar-refractivity contribution in [1.29, 1.82) is 0 Å². The molecule has 62 valence electrons. The van der Waals surface area contributed by atoms with Crippen LogP contribution in [0.5, 0.6) is 0 Å². The Labute approximate surface area is 65.6 Å². The van der Waals surface area contributed by atoms with Crippen LogP contribution in [0.4, 0.5) is 0 Å². The topological polar surface area (TPSA) is 104 Å². The molecule has 2 unspecified atom stereocenters. The standard InChI is InChI=1S/C7H14N4/c8-6(9)4-1-2-5(3-4)7(6,10)11/h1-2,4-5H,3,8-11H2. The number of fused-ring (bicyclic) bond motifs is 2. The molecule has 0 aromatic heterocycles. The van der Waals surface area contributed by atoms with Crippen LogP contribution in [0.25, 0.3) is 0 Å². The number of rotatable bonds is 0. The maximum absolute atomic E-state index is 5.82. The minimum atomic E-state index is -0.924. The van der Waals surface area contributed by atoms with Crippen LogP contribution in [0.3, 0.4) is 0 Å². The maximum atomic E-state index is 5.82. The van der Waals surface area contributed by atoms with Gasteiger partial charge < -0.3 is 22.9 Å². The maximum Gasteiger partial charge on any atom is 0.103 e. The first-order valence-electron chi connectivity index (χ1n) is 3.80. The van der Waals surface area contributed by atoms with E-state index in [-0.39, 0.29) is 11.8 Å². The van der Waals surface area contributed by atoms with E-state index in [1.807, 2.05) is 12.2 Å². The molecular weight excluding hydrogens is 140 g/mol. The summed E-state index contributed by atoms with van der Waals surface area (Å²) in [5.74, 6) is 0.310. The molecular formula is C7H14N4. The highest BCUT2D eigenvalue weighted by molar-refractivity contribution is 5.27. The Bertz CT molecular complexity index is 196. The van der Waals surface area contributed by atoms with E-state index in [0.717, 1.165) is 6.42 Å². The van der Waals surface area contributed by atoms with Crippen LogP contribution in [-0.2, 0) is 0 Å². The SMILES string of the molecule is NC1(N)C2C=CC(C2)C1(N)N. The summed E-state index contributed by atoms with van der Waals surface area (Å²) in [6, 6.07) is 0. The summed E-state index contributed by atoms with van der Waals surface area (Å²) in [5, 5.41) is 0. The molecule has 0 radical (unpaired) electrons. The van der Waals surface area contributed by atoms with Crippen LogP contribution in [0, 0.1) is 11.8 Å². The minimum Gasteiger partial charge on any atom is -0.310 e. The Balaban J connectivity index is 2.45. The molecule has 8 N–H and O–H groups in total. The van der Waals surface area contributed by atoms with E-state index in [1.165, 1.54) is 0 Å². The fourth-order valence-corrected chi connectivity index (χ4v) is 2.05. The first-order chi connectivity index (χ1) is 4.96. The zero-order valence-electron chi connectivity index (χ0n) is 6.33. The number of nitrogens with two attached hydrogens (primary N) is 4. The minimum absolute atomic E-state index is 0.155. The van der Waals surface area contributed by atoms with Crippen molar-refractivity contribution in [1.82, 2.24) is 0 Å². The fraction of sp³-hybridized carbons (Fsp3) is 0.714. The van der Waals surface area contributed by atoms with Gasteiger partial charge in [-0.3, -0.25) is 0 Å². The van der Waals surface area contributed by atoms with Gasteiger partial charge in [-0.15, -0.1) is 0 Å². The van der Waals surface area contributed by atoms with E-state index in [0.29, 0.717) is 0 Å². The molecule has 0 spiro atoms. The van der Waals surface area contributed by atoms with Crippen molar-refractivity contribution in [3.05, 3.63) is 12.2 Å². The van der Waals surface area contributed by atoms with Gasteiger partial charge in [0.15, 0.2) is 0 Å². The molecule has 2 atom stereocenters. The van der Waals surface area contributed by atoms with E-state index < -0.39 is 11.3 Å². The van der Waals surface area contributed by atoms with Gasteiger partial charge in [0.2, 0.25) is 0 Å². The first kappa shape index (κ1) is 7.24. The summed E-state index contributed by atoms with van der Waals surface area (Å²) in [6.07, 6.45) is 4.94. The molecule has 0 aliphatic heterocycles. The molecule has 0 heterocycles. The molecule has 2 rings (SSSR count). The Kier molecular flexibility index (Phi) is 1.10. The van der Waals surface area contributed by atoms with Crippen molar-refractivity contribution in [3.8, 4) is 0 Å². The second-order valence-corrected chi connectivity index (χ2v) is 3.70. The highest BCUT2D eigenvalue weighted by atomic mass is 15.2. The Hall–Kier alpha value is -0.420. The van der Waals surface area contributed by atoms with E-state index in [2.05, 4.69) is 0 Å². The molecule has 4 heteroatoms. The van der Waals surface area contributed by atoms with Crippen LogP contribution in [-0.4, -0.2) is 11.3 Å². The zero-order valence-corrected chi connectivity index (χ0v) is 6.33. The van der Waals surface area contributed by atoms with Crippen LogP contribution in [0.1, 0.15) is 6.42 Å². The molecule has 11 heavy (non-hydrogen) atoms. The van der Waals surface area contributed by atoms with Crippen molar-refractivity contribution < 1.29 is 0 Å². The fourth-order valence-electron chi connectivity index (χ4n) is 2.05. The second kappa shape index (κ2) is 1.67. The van der Waals surface area contributed by atoms with Crippen molar-refractivity contribution in [2.75, 3.05) is 0 Å². The molecule has 2 aliphatic rings. The van der Waals surface area contributed by atoms with Gasteiger partial charge >= 0.3 is 0 Å². The third-order valence-corrected chi connectivity index (χ3v) is 3.06. The van der Waals surface area contributed by atoms with Crippen molar-refractivity contribution in [2.24, 2.45) is 34.8 Å². The Morgan fingerprint density at radius 2 is 1.27 bits per heavy atom. The van der Waals surface area contributed by atoms with Crippen molar-refractivity contribution in [2.45, 2.75) is 17.7 Å². The third kappa shape index (κ3) is 0.629. The van der Waals surface area contributed by atoms with Gasteiger partial charge in [-0.1, -0.05) is 12.2 Å². The van der Waals surface area contributed by atoms with Gasteiger partial charge in [0.05, 0.1) is 0 Å². The molecule has 0 aromatic rings. The lowest BCUT2D eigenvalue weighted by Gasteiger charge is -2.41. The zero-order chi connectivity index (χ0) is 8.28.